The Bertz CT molecular complexity index is 1190. The van der Waals surface area contributed by atoms with E-state index in [4.69, 9.17) is 16.3 Å². The lowest BCUT2D eigenvalue weighted by Gasteiger charge is -2.31. The molecule has 0 bridgehead atoms. The Morgan fingerprint density at radius 1 is 1.23 bits per heavy atom. The highest BCUT2D eigenvalue weighted by molar-refractivity contribution is 9.10. The molecule has 5 nitrogen and oxygen atoms in total. The average molecular weight is 546 g/mol. The van der Waals surface area contributed by atoms with Gasteiger partial charge in [0.1, 0.15) is 16.5 Å². The third kappa shape index (κ3) is 4.74. The van der Waals surface area contributed by atoms with Gasteiger partial charge in [0.25, 0.3) is 0 Å². The predicted octanol–water partition coefficient (Wildman–Crippen LogP) is 5.82. The summed E-state index contributed by atoms with van der Waals surface area (Å²) in [5.41, 5.74) is 1.27. The van der Waals surface area contributed by atoms with Crippen molar-refractivity contribution in [3.63, 3.8) is 0 Å². The van der Waals surface area contributed by atoms with Crippen LogP contribution in [0.3, 0.4) is 0 Å². The van der Waals surface area contributed by atoms with E-state index in [1.165, 1.54) is 30.6 Å². The molecule has 1 saturated heterocycles. The first-order chi connectivity index (χ1) is 14.8. The maximum absolute atomic E-state index is 13.7. The zero-order valence-electron chi connectivity index (χ0n) is 16.5. The van der Waals surface area contributed by atoms with Crippen LogP contribution < -0.4 is 9.64 Å². The Labute approximate surface area is 197 Å². The molecule has 1 aliphatic rings. The van der Waals surface area contributed by atoms with Gasteiger partial charge < -0.3 is 9.64 Å². The fourth-order valence-corrected chi connectivity index (χ4v) is 7.19. The topological polar surface area (TPSA) is 59.5 Å². The highest BCUT2D eigenvalue weighted by atomic mass is 79.9. The minimum Gasteiger partial charge on any atom is -0.495 e. The number of sulfone groups is 1. The van der Waals surface area contributed by atoms with E-state index < -0.39 is 20.9 Å². The molecule has 0 N–H and O–H groups in total. The number of nitrogens with zero attached hydrogens (tertiary/aromatic N) is 2. The second kappa shape index (κ2) is 9.05. The van der Waals surface area contributed by atoms with Crippen molar-refractivity contribution in [1.29, 1.82) is 0 Å². The second-order valence-electron chi connectivity index (χ2n) is 7.20. The predicted molar refractivity (Wildman–Crippen MR) is 126 cm³/mol. The number of hydrogen-bond donors (Lipinski definition) is 0. The molecule has 3 aromatic rings. The van der Waals surface area contributed by atoms with Gasteiger partial charge in [-0.25, -0.2) is 17.8 Å². The van der Waals surface area contributed by atoms with E-state index in [1.54, 1.807) is 24.3 Å². The van der Waals surface area contributed by atoms with Crippen LogP contribution in [0.4, 0.5) is 9.52 Å². The molecule has 0 amide bonds. The SMILES string of the molecule is COc1ccc(Br)cc1S(=O)(=O)C1CCN(c2nc(-c3cc(F)cc(Cl)c3)cs2)CC1. The van der Waals surface area contributed by atoms with Crippen LogP contribution in [0.5, 0.6) is 5.75 Å². The Balaban J connectivity index is 1.49. The highest BCUT2D eigenvalue weighted by Crippen LogP contribution is 2.35. The Kier molecular flexibility index (Phi) is 6.57. The van der Waals surface area contributed by atoms with Crippen LogP contribution >= 0.6 is 38.9 Å². The first kappa shape index (κ1) is 22.5. The van der Waals surface area contributed by atoms with Crippen LogP contribution in [-0.2, 0) is 9.84 Å². The zero-order valence-corrected chi connectivity index (χ0v) is 20.5. The summed E-state index contributed by atoms with van der Waals surface area (Å²) >= 11 is 10.7. The van der Waals surface area contributed by atoms with Crippen LogP contribution in [-0.4, -0.2) is 38.9 Å². The number of anilines is 1. The summed E-state index contributed by atoms with van der Waals surface area (Å²) in [6, 6.07) is 9.33. The number of thiazole rings is 1. The van der Waals surface area contributed by atoms with Crippen LogP contribution in [0, 0.1) is 5.82 Å². The number of rotatable bonds is 5. The summed E-state index contributed by atoms with van der Waals surface area (Å²) in [4.78, 5) is 6.89. The summed E-state index contributed by atoms with van der Waals surface area (Å²) in [5, 5.41) is 2.47. The summed E-state index contributed by atoms with van der Waals surface area (Å²) in [5.74, 6) is -0.0602. The van der Waals surface area contributed by atoms with E-state index in [0.29, 0.717) is 52.4 Å². The molecule has 31 heavy (non-hydrogen) atoms. The van der Waals surface area contributed by atoms with Crippen molar-refractivity contribution >= 4 is 53.8 Å². The van der Waals surface area contributed by atoms with Gasteiger partial charge in [-0.3, -0.25) is 0 Å². The lowest BCUT2D eigenvalue weighted by molar-refractivity contribution is 0.401. The lowest BCUT2D eigenvalue weighted by Crippen LogP contribution is -2.39. The van der Waals surface area contributed by atoms with Crippen molar-refractivity contribution in [2.45, 2.75) is 23.0 Å². The standard InChI is InChI=1S/C21H19BrClFN2O3S2/c1-29-19-3-2-14(22)10-20(19)31(27,28)17-4-6-26(7-5-17)21-25-18(12-30-21)13-8-15(23)11-16(24)9-13/h2-3,8-12,17H,4-7H2,1H3. The number of halogens is 3. The minimum atomic E-state index is -3.54. The molecule has 0 aliphatic carbocycles. The highest BCUT2D eigenvalue weighted by Gasteiger charge is 2.34. The molecular weight excluding hydrogens is 527 g/mol. The molecule has 4 rings (SSSR count). The third-order valence-corrected chi connectivity index (χ3v) is 9.13. The molecule has 0 spiro atoms. The molecule has 1 fully saturated rings. The van der Waals surface area contributed by atoms with E-state index in [1.807, 2.05) is 5.38 Å². The number of methoxy groups -OCH3 is 1. The molecular formula is C21H19BrClFN2O3S2. The van der Waals surface area contributed by atoms with Crippen LogP contribution in [0.25, 0.3) is 11.3 Å². The van der Waals surface area contributed by atoms with Crippen molar-refractivity contribution in [3.8, 4) is 17.0 Å². The Morgan fingerprint density at radius 3 is 2.65 bits per heavy atom. The van der Waals surface area contributed by atoms with Crippen molar-refractivity contribution in [1.82, 2.24) is 4.98 Å². The Morgan fingerprint density at radius 2 is 1.97 bits per heavy atom. The second-order valence-corrected chi connectivity index (χ2v) is 11.6. The van der Waals surface area contributed by atoms with Crippen LogP contribution in [0.1, 0.15) is 12.8 Å². The molecule has 2 aromatic carbocycles. The number of hydrogen-bond acceptors (Lipinski definition) is 6. The number of ether oxygens (including phenoxy) is 1. The average Bonchev–Trinajstić information content (AvgIpc) is 3.23. The molecule has 0 radical (unpaired) electrons. The molecule has 1 aromatic heterocycles. The van der Waals surface area contributed by atoms with Crippen LogP contribution in [0.15, 0.2) is 51.1 Å². The van der Waals surface area contributed by atoms with Crippen molar-refractivity contribution < 1.29 is 17.5 Å². The quantitative estimate of drug-likeness (QED) is 0.405. The minimum absolute atomic E-state index is 0.211. The molecule has 10 heteroatoms. The van der Waals surface area contributed by atoms with E-state index in [0.717, 1.165) is 5.13 Å². The normalized spacial score (nSPS) is 15.3. The van der Waals surface area contributed by atoms with Gasteiger partial charge in [0, 0.05) is 33.5 Å². The maximum Gasteiger partial charge on any atom is 0.185 e. The maximum atomic E-state index is 13.7. The van der Waals surface area contributed by atoms with E-state index in [2.05, 4.69) is 25.8 Å². The van der Waals surface area contributed by atoms with Gasteiger partial charge in [-0.15, -0.1) is 11.3 Å². The van der Waals surface area contributed by atoms with Crippen LogP contribution in [0.2, 0.25) is 5.02 Å². The zero-order chi connectivity index (χ0) is 22.2. The molecule has 164 valence electrons. The summed E-state index contributed by atoms with van der Waals surface area (Å²) in [7, 11) is -2.07. The number of piperidine rings is 1. The summed E-state index contributed by atoms with van der Waals surface area (Å²) in [6.45, 7) is 1.13. The van der Waals surface area contributed by atoms with E-state index in [9.17, 15) is 12.8 Å². The van der Waals surface area contributed by atoms with E-state index in [-0.39, 0.29) is 4.90 Å². The molecule has 0 atom stereocenters. The molecule has 2 heterocycles. The van der Waals surface area contributed by atoms with Crippen molar-refractivity contribution in [2.24, 2.45) is 0 Å². The fraction of sp³-hybridized carbons (Fsp3) is 0.286. The van der Waals surface area contributed by atoms with Gasteiger partial charge in [0.15, 0.2) is 15.0 Å². The summed E-state index contributed by atoms with van der Waals surface area (Å²) < 4.78 is 46.1. The monoisotopic (exact) mass is 544 g/mol. The van der Waals surface area contributed by atoms with Gasteiger partial charge in [-0.2, -0.15) is 0 Å². The van der Waals surface area contributed by atoms with Gasteiger partial charge in [-0.05, 0) is 49.2 Å². The van der Waals surface area contributed by atoms with E-state index >= 15 is 0 Å². The number of aromatic nitrogens is 1. The first-order valence-electron chi connectivity index (χ1n) is 9.52. The Hall–Kier alpha value is -1.68. The molecule has 0 unspecified atom stereocenters. The number of benzene rings is 2. The van der Waals surface area contributed by atoms with Gasteiger partial charge in [-0.1, -0.05) is 27.5 Å². The first-order valence-corrected chi connectivity index (χ1v) is 13.1. The molecule has 1 aliphatic heterocycles. The van der Waals surface area contributed by atoms with Gasteiger partial charge in [0.2, 0.25) is 0 Å². The largest absolute Gasteiger partial charge is 0.495 e. The van der Waals surface area contributed by atoms with Gasteiger partial charge in [0.05, 0.1) is 18.1 Å². The van der Waals surface area contributed by atoms with Crippen molar-refractivity contribution in [3.05, 3.63) is 57.1 Å². The smallest absolute Gasteiger partial charge is 0.185 e. The summed E-state index contributed by atoms with van der Waals surface area (Å²) in [6.07, 6.45) is 0.970. The fourth-order valence-electron chi connectivity index (χ4n) is 3.65. The lowest BCUT2D eigenvalue weighted by atomic mass is 10.1. The van der Waals surface area contributed by atoms with Gasteiger partial charge >= 0.3 is 0 Å². The third-order valence-electron chi connectivity index (χ3n) is 5.23. The van der Waals surface area contributed by atoms with Crippen molar-refractivity contribution in [2.75, 3.05) is 25.1 Å². The molecule has 0 saturated carbocycles.